The maximum atomic E-state index is 2.26. The third kappa shape index (κ3) is 4.08. The second-order valence-corrected chi connectivity index (χ2v) is 5.82. The van der Waals surface area contributed by atoms with E-state index in [2.05, 4.69) is 91.0 Å². The zero-order chi connectivity index (χ0) is 15.0. The molecule has 3 aromatic carbocycles. The van der Waals surface area contributed by atoms with Gasteiger partial charge in [0.15, 0.2) is 0 Å². The molecule has 0 radical (unpaired) electrons. The third-order valence-corrected chi connectivity index (χ3v) is 4.22. The van der Waals surface area contributed by atoms with E-state index in [9.17, 15) is 0 Å². The summed E-state index contributed by atoms with van der Waals surface area (Å²) in [5, 5.41) is 0. The highest BCUT2D eigenvalue weighted by Crippen LogP contribution is 2.26. The van der Waals surface area contributed by atoms with E-state index in [1.807, 2.05) is 0 Å². The van der Waals surface area contributed by atoms with Crippen molar-refractivity contribution in [1.82, 2.24) is 0 Å². The minimum Gasteiger partial charge on any atom is -0.0622 e. The van der Waals surface area contributed by atoms with Crippen LogP contribution in [0.2, 0.25) is 0 Å². The Kier molecular flexibility index (Phi) is 5.04. The van der Waals surface area contributed by atoms with Crippen molar-refractivity contribution in [3.63, 3.8) is 0 Å². The average Bonchev–Trinajstić information content (AvgIpc) is 2.61. The van der Waals surface area contributed by atoms with Gasteiger partial charge in [-0.3, -0.25) is 0 Å². The molecule has 1 atom stereocenters. The van der Waals surface area contributed by atoms with Crippen molar-refractivity contribution < 1.29 is 0 Å². The highest BCUT2D eigenvalue weighted by atomic mass is 14.2. The minimum absolute atomic E-state index is 0.573. The summed E-state index contributed by atoms with van der Waals surface area (Å²) >= 11 is 0. The standard InChI is InChI=1S/C22H22/c1-4-10-19(11-5-1)16-17-22(21-14-8-3-9-15-21)18-20-12-6-2-7-13-20/h1-15,22H,16-18H2/t22-/m1/s1. The van der Waals surface area contributed by atoms with Gasteiger partial charge in [-0.15, -0.1) is 0 Å². The molecular formula is C22H22. The molecule has 0 heterocycles. The van der Waals surface area contributed by atoms with Gasteiger partial charge in [0.25, 0.3) is 0 Å². The van der Waals surface area contributed by atoms with Crippen molar-refractivity contribution in [1.29, 1.82) is 0 Å². The van der Waals surface area contributed by atoms with Gasteiger partial charge < -0.3 is 0 Å². The Morgan fingerprint density at radius 3 is 1.64 bits per heavy atom. The van der Waals surface area contributed by atoms with Gasteiger partial charge in [0.1, 0.15) is 0 Å². The number of aryl methyl sites for hydroxylation is 1. The Morgan fingerprint density at radius 1 is 0.545 bits per heavy atom. The first kappa shape index (κ1) is 14.6. The molecule has 0 aromatic heterocycles. The molecule has 0 aliphatic carbocycles. The highest BCUT2D eigenvalue weighted by Gasteiger charge is 2.12. The van der Waals surface area contributed by atoms with Gasteiger partial charge in [-0.25, -0.2) is 0 Å². The van der Waals surface area contributed by atoms with Crippen molar-refractivity contribution in [3.05, 3.63) is 108 Å². The topological polar surface area (TPSA) is 0 Å². The van der Waals surface area contributed by atoms with Crippen LogP contribution < -0.4 is 0 Å². The molecule has 110 valence electrons. The maximum absolute atomic E-state index is 2.26. The molecule has 0 N–H and O–H groups in total. The second-order valence-electron chi connectivity index (χ2n) is 5.82. The second kappa shape index (κ2) is 7.61. The lowest BCUT2D eigenvalue weighted by atomic mass is 9.87. The van der Waals surface area contributed by atoms with Crippen molar-refractivity contribution in [2.45, 2.75) is 25.2 Å². The van der Waals surface area contributed by atoms with Gasteiger partial charge in [0, 0.05) is 0 Å². The van der Waals surface area contributed by atoms with Gasteiger partial charge in [0.2, 0.25) is 0 Å². The number of hydrogen-bond acceptors (Lipinski definition) is 0. The Bertz CT molecular complexity index is 656. The molecule has 3 rings (SSSR count). The van der Waals surface area contributed by atoms with Gasteiger partial charge in [0.05, 0.1) is 0 Å². The average molecular weight is 286 g/mol. The molecule has 0 aliphatic heterocycles. The lowest BCUT2D eigenvalue weighted by Gasteiger charge is -2.18. The molecule has 0 aliphatic rings. The zero-order valence-electron chi connectivity index (χ0n) is 12.9. The van der Waals surface area contributed by atoms with Crippen LogP contribution >= 0.6 is 0 Å². The molecule has 0 saturated heterocycles. The molecule has 22 heavy (non-hydrogen) atoms. The molecular weight excluding hydrogens is 264 g/mol. The highest BCUT2D eigenvalue weighted by molar-refractivity contribution is 5.25. The van der Waals surface area contributed by atoms with Gasteiger partial charge >= 0.3 is 0 Å². The summed E-state index contributed by atoms with van der Waals surface area (Å²) in [7, 11) is 0. The smallest absolute Gasteiger partial charge is 0.0118 e. The van der Waals surface area contributed by atoms with Crippen LogP contribution in [-0.2, 0) is 12.8 Å². The Morgan fingerprint density at radius 2 is 1.05 bits per heavy atom. The summed E-state index contributed by atoms with van der Waals surface area (Å²) in [6.07, 6.45) is 3.42. The van der Waals surface area contributed by atoms with Crippen LogP contribution in [0, 0.1) is 0 Å². The number of hydrogen-bond donors (Lipinski definition) is 0. The van der Waals surface area contributed by atoms with E-state index in [1.54, 1.807) is 0 Å². The SMILES string of the molecule is c1ccc(CC[C@H](Cc2ccccc2)c2ccccc2)cc1. The molecule has 0 amide bonds. The fraction of sp³-hybridized carbons (Fsp3) is 0.182. The number of benzene rings is 3. The van der Waals surface area contributed by atoms with Crippen molar-refractivity contribution in [3.8, 4) is 0 Å². The van der Waals surface area contributed by atoms with E-state index in [1.165, 1.54) is 23.1 Å². The molecule has 0 bridgehead atoms. The first-order valence-electron chi connectivity index (χ1n) is 8.04. The van der Waals surface area contributed by atoms with Crippen LogP contribution in [0.3, 0.4) is 0 Å². The third-order valence-electron chi connectivity index (χ3n) is 4.22. The van der Waals surface area contributed by atoms with Crippen molar-refractivity contribution >= 4 is 0 Å². The Hall–Kier alpha value is -2.34. The van der Waals surface area contributed by atoms with Gasteiger partial charge in [-0.2, -0.15) is 0 Å². The molecule has 0 nitrogen and oxygen atoms in total. The summed E-state index contributed by atoms with van der Waals surface area (Å²) in [6.45, 7) is 0. The van der Waals surface area contributed by atoms with E-state index in [-0.39, 0.29) is 0 Å². The van der Waals surface area contributed by atoms with E-state index in [0.717, 1.165) is 12.8 Å². The van der Waals surface area contributed by atoms with Gasteiger partial charge in [-0.05, 0) is 41.9 Å². The zero-order valence-corrected chi connectivity index (χ0v) is 12.9. The van der Waals surface area contributed by atoms with E-state index in [0.29, 0.717) is 5.92 Å². The molecule has 0 heteroatoms. The summed E-state index contributed by atoms with van der Waals surface area (Å²) < 4.78 is 0. The molecule has 0 unspecified atom stereocenters. The largest absolute Gasteiger partial charge is 0.0622 e. The molecule has 0 fully saturated rings. The first-order valence-corrected chi connectivity index (χ1v) is 8.04. The fourth-order valence-electron chi connectivity index (χ4n) is 3.00. The summed E-state index contributed by atoms with van der Waals surface area (Å²) in [5.41, 5.74) is 4.29. The van der Waals surface area contributed by atoms with Crippen LogP contribution in [0.5, 0.6) is 0 Å². The summed E-state index contributed by atoms with van der Waals surface area (Å²) in [6, 6.07) is 32.5. The van der Waals surface area contributed by atoms with Gasteiger partial charge in [-0.1, -0.05) is 91.0 Å². The monoisotopic (exact) mass is 286 g/mol. The lowest BCUT2D eigenvalue weighted by molar-refractivity contribution is 0.621. The molecule has 0 spiro atoms. The fourth-order valence-corrected chi connectivity index (χ4v) is 3.00. The van der Waals surface area contributed by atoms with E-state index >= 15 is 0 Å². The first-order chi connectivity index (χ1) is 10.9. The van der Waals surface area contributed by atoms with Crippen LogP contribution in [0.25, 0.3) is 0 Å². The normalized spacial score (nSPS) is 12.0. The van der Waals surface area contributed by atoms with Crippen LogP contribution in [0.4, 0.5) is 0 Å². The van der Waals surface area contributed by atoms with Crippen LogP contribution in [-0.4, -0.2) is 0 Å². The minimum atomic E-state index is 0.573. The van der Waals surface area contributed by atoms with Crippen molar-refractivity contribution in [2.75, 3.05) is 0 Å². The molecule has 0 saturated carbocycles. The van der Waals surface area contributed by atoms with Crippen molar-refractivity contribution in [2.24, 2.45) is 0 Å². The van der Waals surface area contributed by atoms with E-state index < -0.39 is 0 Å². The predicted octanol–water partition coefficient (Wildman–Crippen LogP) is 5.65. The Labute approximate surface area is 133 Å². The molecule has 3 aromatic rings. The summed E-state index contributed by atoms with van der Waals surface area (Å²) in [4.78, 5) is 0. The van der Waals surface area contributed by atoms with Crippen LogP contribution in [0.1, 0.15) is 29.0 Å². The van der Waals surface area contributed by atoms with Crippen LogP contribution in [0.15, 0.2) is 91.0 Å². The lowest BCUT2D eigenvalue weighted by Crippen LogP contribution is -2.05. The summed E-state index contributed by atoms with van der Waals surface area (Å²) in [5.74, 6) is 0.573. The number of rotatable bonds is 6. The predicted molar refractivity (Wildman–Crippen MR) is 94.1 cm³/mol. The van der Waals surface area contributed by atoms with E-state index in [4.69, 9.17) is 0 Å². The maximum Gasteiger partial charge on any atom is -0.0118 e. The quantitative estimate of drug-likeness (QED) is 0.549. The Balaban J connectivity index is 1.74.